The lowest BCUT2D eigenvalue weighted by atomic mass is 10.0. The molecule has 2 aromatic heterocycles. The summed E-state index contributed by atoms with van der Waals surface area (Å²) in [5.74, 6) is 1.05. The van der Waals surface area contributed by atoms with Gasteiger partial charge in [-0.15, -0.1) is 11.3 Å². The second-order valence-corrected chi connectivity index (χ2v) is 6.33. The third kappa shape index (κ3) is 3.22. The van der Waals surface area contributed by atoms with E-state index < -0.39 is 0 Å². The van der Waals surface area contributed by atoms with Crippen LogP contribution in [0.5, 0.6) is 0 Å². The maximum Gasteiger partial charge on any atom is 0.108 e. The van der Waals surface area contributed by atoms with Crippen molar-refractivity contribution < 1.29 is 4.42 Å². The van der Waals surface area contributed by atoms with E-state index >= 15 is 0 Å². The van der Waals surface area contributed by atoms with E-state index in [-0.39, 0.29) is 6.04 Å². The summed E-state index contributed by atoms with van der Waals surface area (Å²) in [4.78, 5) is 1.26. The number of nitrogens with one attached hydrogen (secondary N) is 1. The SMILES string of the molecule is CCCNC(c1cc(C)c(Cl)s1)c1ccoc1CC. The van der Waals surface area contributed by atoms with Gasteiger partial charge in [-0.3, -0.25) is 0 Å². The summed E-state index contributed by atoms with van der Waals surface area (Å²) in [5.41, 5.74) is 2.38. The number of thiophene rings is 1. The number of hydrogen-bond donors (Lipinski definition) is 1. The number of halogens is 1. The highest BCUT2D eigenvalue weighted by Gasteiger charge is 2.21. The highest BCUT2D eigenvalue weighted by molar-refractivity contribution is 7.16. The summed E-state index contributed by atoms with van der Waals surface area (Å²) in [5, 5.41) is 3.60. The van der Waals surface area contributed by atoms with Crippen molar-refractivity contribution in [3.8, 4) is 0 Å². The summed E-state index contributed by atoms with van der Waals surface area (Å²) in [6.07, 6.45) is 3.79. The van der Waals surface area contributed by atoms with Gasteiger partial charge >= 0.3 is 0 Å². The van der Waals surface area contributed by atoms with Crippen LogP contribution in [0.15, 0.2) is 22.8 Å². The molecule has 0 amide bonds. The lowest BCUT2D eigenvalue weighted by Gasteiger charge is -2.17. The normalized spacial score (nSPS) is 12.8. The van der Waals surface area contributed by atoms with Crippen molar-refractivity contribution in [2.75, 3.05) is 6.54 Å². The molecule has 0 saturated heterocycles. The molecule has 1 atom stereocenters. The molecule has 0 spiro atoms. The van der Waals surface area contributed by atoms with Crippen LogP contribution < -0.4 is 5.32 Å². The van der Waals surface area contributed by atoms with E-state index in [1.165, 1.54) is 10.4 Å². The van der Waals surface area contributed by atoms with Crippen molar-refractivity contribution in [1.29, 1.82) is 0 Å². The first-order valence-corrected chi connectivity index (χ1v) is 7.92. The van der Waals surface area contributed by atoms with Gasteiger partial charge in [-0.1, -0.05) is 25.4 Å². The minimum atomic E-state index is 0.185. The molecule has 0 bridgehead atoms. The minimum absolute atomic E-state index is 0.185. The van der Waals surface area contributed by atoms with Gasteiger partial charge in [-0.05, 0) is 37.6 Å². The molecular formula is C15H20ClNOS. The van der Waals surface area contributed by atoms with Gasteiger partial charge in [0, 0.05) is 16.9 Å². The van der Waals surface area contributed by atoms with E-state index in [0.29, 0.717) is 0 Å². The zero-order valence-electron chi connectivity index (χ0n) is 11.6. The molecule has 0 fully saturated rings. The first-order valence-electron chi connectivity index (χ1n) is 6.72. The monoisotopic (exact) mass is 297 g/mol. The first kappa shape index (κ1) is 14.6. The standard InChI is InChI=1S/C15H20ClNOS/c1-4-7-17-14(11-6-8-18-12(11)5-2)13-9-10(3)15(16)19-13/h6,8-9,14,17H,4-5,7H2,1-3H3. The van der Waals surface area contributed by atoms with Gasteiger partial charge < -0.3 is 9.73 Å². The van der Waals surface area contributed by atoms with Crippen molar-refractivity contribution in [2.45, 2.75) is 39.7 Å². The van der Waals surface area contributed by atoms with Gasteiger partial charge in [-0.25, -0.2) is 0 Å². The molecular weight excluding hydrogens is 278 g/mol. The summed E-state index contributed by atoms with van der Waals surface area (Å²) in [6, 6.07) is 4.42. The molecule has 0 radical (unpaired) electrons. The van der Waals surface area contributed by atoms with E-state index in [9.17, 15) is 0 Å². The average molecular weight is 298 g/mol. The molecule has 4 heteroatoms. The Kier molecular flexibility index (Phi) is 5.08. The molecule has 2 heterocycles. The molecule has 1 N–H and O–H groups in total. The average Bonchev–Trinajstić information content (AvgIpc) is 2.98. The predicted octanol–water partition coefficient (Wildman–Crippen LogP) is 4.95. The molecule has 0 aliphatic carbocycles. The lowest BCUT2D eigenvalue weighted by molar-refractivity contribution is 0.501. The van der Waals surface area contributed by atoms with E-state index in [0.717, 1.165) is 35.0 Å². The van der Waals surface area contributed by atoms with Crippen LogP contribution in [0.1, 0.15) is 48.1 Å². The molecule has 1 unspecified atom stereocenters. The minimum Gasteiger partial charge on any atom is -0.469 e. The first-order chi connectivity index (χ1) is 9.17. The predicted molar refractivity (Wildman–Crippen MR) is 82.3 cm³/mol. The molecule has 104 valence electrons. The molecule has 19 heavy (non-hydrogen) atoms. The zero-order valence-corrected chi connectivity index (χ0v) is 13.2. The highest BCUT2D eigenvalue weighted by atomic mass is 35.5. The fraction of sp³-hybridized carbons (Fsp3) is 0.467. The topological polar surface area (TPSA) is 25.2 Å². The Morgan fingerprint density at radius 2 is 2.21 bits per heavy atom. The fourth-order valence-electron chi connectivity index (χ4n) is 2.17. The van der Waals surface area contributed by atoms with Crippen LogP contribution >= 0.6 is 22.9 Å². The molecule has 0 aliphatic heterocycles. The Labute approximate surface area is 123 Å². The number of aryl methyl sites for hydroxylation is 2. The largest absolute Gasteiger partial charge is 0.469 e. The second-order valence-electron chi connectivity index (χ2n) is 4.65. The van der Waals surface area contributed by atoms with Crippen LogP contribution in [0.25, 0.3) is 0 Å². The maximum absolute atomic E-state index is 6.21. The van der Waals surface area contributed by atoms with Crippen molar-refractivity contribution in [2.24, 2.45) is 0 Å². The molecule has 2 rings (SSSR count). The van der Waals surface area contributed by atoms with Gasteiger partial charge in [0.25, 0.3) is 0 Å². The second kappa shape index (κ2) is 6.60. The van der Waals surface area contributed by atoms with Crippen LogP contribution in [0.3, 0.4) is 0 Å². The van der Waals surface area contributed by atoms with Gasteiger partial charge in [0.2, 0.25) is 0 Å². The third-order valence-electron chi connectivity index (χ3n) is 3.17. The van der Waals surface area contributed by atoms with Gasteiger partial charge in [0.05, 0.1) is 16.6 Å². The Morgan fingerprint density at radius 3 is 2.79 bits per heavy atom. The zero-order chi connectivity index (χ0) is 13.8. The Hall–Kier alpha value is -0.770. The van der Waals surface area contributed by atoms with Gasteiger partial charge in [0.1, 0.15) is 5.76 Å². The summed E-state index contributed by atoms with van der Waals surface area (Å²) in [7, 11) is 0. The Balaban J connectivity index is 2.35. The number of furan rings is 1. The van der Waals surface area contributed by atoms with Crippen molar-refractivity contribution >= 4 is 22.9 Å². The lowest BCUT2D eigenvalue weighted by Crippen LogP contribution is -2.22. The number of hydrogen-bond acceptors (Lipinski definition) is 3. The molecule has 2 aromatic rings. The maximum atomic E-state index is 6.21. The third-order valence-corrected chi connectivity index (χ3v) is 4.79. The van der Waals surface area contributed by atoms with Crippen LogP contribution in [0.4, 0.5) is 0 Å². The molecule has 0 aliphatic rings. The van der Waals surface area contributed by atoms with Crippen LogP contribution in [0, 0.1) is 6.92 Å². The van der Waals surface area contributed by atoms with Crippen molar-refractivity contribution in [3.05, 3.63) is 44.5 Å². The fourth-order valence-corrected chi connectivity index (χ4v) is 3.49. The Bertz CT molecular complexity index is 512. The highest BCUT2D eigenvalue weighted by Crippen LogP contribution is 2.35. The van der Waals surface area contributed by atoms with Crippen LogP contribution in [0.2, 0.25) is 4.34 Å². The van der Waals surface area contributed by atoms with Crippen molar-refractivity contribution in [1.82, 2.24) is 5.32 Å². The molecule has 0 saturated carbocycles. The van der Waals surface area contributed by atoms with Crippen molar-refractivity contribution in [3.63, 3.8) is 0 Å². The summed E-state index contributed by atoms with van der Waals surface area (Å²) in [6.45, 7) is 7.32. The van der Waals surface area contributed by atoms with Crippen LogP contribution in [-0.4, -0.2) is 6.54 Å². The molecule has 2 nitrogen and oxygen atoms in total. The summed E-state index contributed by atoms with van der Waals surface area (Å²) < 4.78 is 6.44. The van der Waals surface area contributed by atoms with Crippen LogP contribution in [-0.2, 0) is 6.42 Å². The van der Waals surface area contributed by atoms with Gasteiger partial charge in [0.15, 0.2) is 0 Å². The van der Waals surface area contributed by atoms with E-state index in [2.05, 4.69) is 38.2 Å². The summed E-state index contributed by atoms with van der Waals surface area (Å²) >= 11 is 7.86. The Morgan fingerprint density at radius 1 is 1.42 bits per heavy atom. The van der Waals surface area contributed by atoms with E-state index in [1.807, 2.05) is 0 Å². The number of rotatable bonds is 6. The van der Waals surface area contributed by atoms with E-state index in [4.69, 9.17) is 16.0 Å². The molecule has 0 aromatic carbocycles. The quantitative estimate of drug-likeness (QED) is 0.815. The van der Waals surface area contributed by atoms with E-state index in [1.54, 1.807) is 17.6 Å². The van der Waals surface area contributed by atoms with Gasteiger partial charge in [-0.2, -0.15) is 0 Å². The smallest absolute Gasteiger partial charge is 0.108 e.